The topological polar surface area (TPSA) is 69.0 Å². The molecule has 0 fully saturated rings. The van der Waals surface area contributed by atoms with Gasteiger partial charge in [-0.15, -0.1) is 0 Å². The number of rotatable bonds is 8. The molecular formula is C21H21FN4O2S. The molecule has 0 aliphatic heterocycles. The number of hydrogen-bond donors (Lipinski definition) is 1. The van der Waals surface area contributed by atoms with Gasteiger partial charge in [0.2, 0.25) is 5.91 Å². The van der Waals surface area contributed by atoms with Crippen molar-refractivity contribution in [2.75, 3.05) is 25.3 Å². The van der Waals surface area contributed by atoms with Gasteiger partial charge >= 0.3 is 0 Å². The molecule has 0 atom stereocenters. The number of aromatic nitrogens is 3. The van der Waals surface area contributed by atoms with Crippen LogP contribution in [0.5, 0.6) is 0 Å². The second kappa shape index (κ2) is 9.49. The van der Waals surface area contributed by atoms with Crippen molar-refractivity contribution in [3.05, 3.63) is 61.1 Å². The summed E-state index contributed by atoms with van der Waals surface area (Å²) in [5.74, 6) is -0.244. The monoisotopic (exact) mass is 412 g/mol. The molecule has 2 aromatic heterocycles. The number of ether oxygens (including phenoxy) is 1. The summed E-state index contributed by atoms with van der Waals surface area (Å²) in [5.41, 5.74) is 3.18. The molecular weight excluding hydrogens is 391 g/mol. The molecule has 0 saturated carbocycles. The number of halogens is 1. The molecule has 0 saturated heterocycles. The second-order valence-corrected chi connectivity index (χ2v) is 6.84. The SMILES string of the molecule is C=CC(=O)Nc1cc(-c2c(-c3ccc(F)cc3)nc(SC)n2CCOC)ccn1. The quantitative estimate of drug-likeness (QED) is 0.443. The molecule has 2 heterocycles. The number of amides is 1. The van der Waals surface area contributed by atoms with Crippen molar-refractivity contribution in [3.63, 3.8) is 0 Å². The van der Waals surface area contributed by atoms with Crippen LogP contribution in [0.3, 0.4) is 0 Å². The van der Waals surface area contributed by atoms with E-state index in [1.165, 1.54) is 30.0 Å². The third-order valence-corrected chi connectivity index (χ3v) is 4.90. The number of benzene rings is 1. The predicted molar refractivity (Wildman–Crippen MR) is 113 cm³/mol. The number of thioether (sulfide) groups is 1. The molecule has 1 aromatic carbocycles. The first kappa shape index (κ1) is 20.8. The van der Waals surface area contributed by atoms with Crippen LogP contribution in [0.4, 0.5) is 10.2 Å². The Hall–Kier alpha value is -2.97. The van der Waals surface area contributed by atoms with E-state index in [0.29, 0.717) is 19.0 Å². The van der Waals surface area contributed by atoms with Crippen molar-refractivity contribution < 1.29 is 13.9 Å². The van der Waals surface area contributed by atoms with Gasteiger partial charge in [0.05, 0.1) is 18.0 Å². The fourth-order valence-corrected chi connectivity index (χ4v) is 3.49. The number of carbonyl (C=O) groups excluding carboxylic acids is 1. The fraction of sp³-hybridized carbons (Fsp3) is 0.190. The van der Waals surface area contributed by atoms with Crippen molar-refractivity contribution in [3.8, 4) is 22.5 Å². The summed E-state index contributed by atoms with van der Waals surface area (Å²) in [4.78, 5) is 20.7. The summed E-state index contributed by atoms with van der Waals surface area (Å²) in [7, 11) is 1.64. The molecule has 0 unspecified atom stereocenters. The zero-order valence-corrected chi connectivity index (χ0v) is 17.0. The van der Waals surface area contributed by atoms with Crippen LogP contribution in [-0.4, -0.2) is 40.4 Å². The van der Waals surface area contributed by atoms with E-state index in [-0.39, 0.29) is 11.7 Å². The fourth-order valence-electron chi connectivity index (χ4n) is 2.90. The maximum atomic E-state index is 13.4. The first-order valence-electron chi connectivity index (χ1n) is 8.86. The average Bonchev–Trinajstić information content (AvgIpc) is 3.11. The minimum atomic E-state index is -0.342. The van der Waals surface area contributed by atoms with E-state index in [4.69, 9.17) is 9.72 Å². The zero-order chi connectivity index (χ0) is 20.8. The Bertz CT molecular complexity index is 1020. The van der Waals surface area contributed by atoms with E-state index < -0.39 is 0 Å². The van der Waals surface area contributed by atoms with Gasteiger partial charge in [0, 0.05) is 31.0 Å². The van der Waals surface area contributed by atoms with Gasteiger partial charge in [-0.2, -0.15) is 0 Å². The Labute approximate surface area is 172 Å². The van der Waals surface area contributed by atoms with Crippen molar-refractivity contribution in [2.45, 2.75) is 11.7 Å². The molecule has 29 heavy (non-hydrogen) atoms. The zero-order valence-electron chi connectivity index (χ0n) is 16.2. The lowest BCUT2D eigenvalue weighted by atomic mass is 10.1. The molecule has 8 heteroatoms. The summed E-state index contributed by atoms with van der Waals surface area (Å²) in [6.07, 6.45) is 4.76. The Morgan fingerprint density at radius 1 is 1.31 bits per heavy atom. The highest BCUT2D eigenvalue weighted by Crippen LogP contribution is 2.36. The number of imidazole rings is 1. The van der Waals surface area contributed by atoms with Crippen LogP contribution >= 0.6 is 11.8 Å². The maximum Gasteiger partial charge on any atom is 0.248 e. The minimum absolute atomic E-state index is 0.308. The lowest BCUT2D eigenvalue weighted by Crippen LogP contribution is -2.10. The standard InChI is InChI=1S/C21H21FN4O2S/c1-4-18(27)24-17-13-15(9-10-23-17)20-19(14-5-7-16(22)8-6-14)25-21(29-3)26(20)11-12-28-2/h4-10,13H,1,11-12H2,2-3H3,(H,23,24,27). The van der Waals surface area contributed by atoms with Gasteiger partial charge in [-0.3, -0.25) is 4.79 Å². The van der Waals surface area contributed by atoms with Crippen LogP contribution in [0, 0.1) is 5.82 Å². The Morgan fingerprint density at radius 2 is 2.07 bits per heavy atom. The van der Waals surface area contributed by atoms with Crippen molar-refractivity contribution in [1.29, 1.82) is 0 Å². The molecule has 6 nitrogen and oxygen atoms in total. The number of carbonyl (C=O) groups is 1. The Balaban J connectivity index is 2.17. The van der Waals surface area contributed by atoms with E-state index >= 15 is 0 Å². The molecule has 0 radical (unpaired) electrons. The van der Waals surface area contributed by atoms with Crippen LogP contribution < -0.4 is 5.32 Å². The summed E-state index contributed by atoms with van der Waals surface area (Å²) in [6, 6.07) is 9.85. The number of nitrogens with zero attached hydrogens (tertiary/aromatic N) is 3. The van der Waals surface area contributed by atoms with Crippen LogP contribution in [-0.2, 0) is 16.1 Å². The molecule has 3 aromatic rings. The van der Waals surface area contributed by atoms with Crippen molar-refractivity contribution in [2.24, 2.45) is 0 Å². The van der Waals surface area contributed by atoms with E-state index in [9.17, 15) is 9.18 Å². The smallest absolute Gasteiger partial charge is 0.248 e. The Kier molecular flexibility index (Phi) is 6.79. The van der Waals surface area contributed by atoms with Crippen LogP contribution in [0.25, 0.3) is 22.5 Å². The second-order valence-electron chi connectivity index (χ2n) is 6.07. The van der Waals surface area contributed by atoms with E-state index in [1.807, 2.05) is 12.3 Å². The van der Waals surface area contributed by atoms with Crippen LogP contribution in [0.15, 0.2) is 60.4 Å². The summed E-state index contributed by atoms with van der Waals surface area (Å²) in [6.45, 7) is 4.55. The molecule has 1 amide bonds. The lowest BCUT2D eigenvalue weighted by Gasteiger charge is -2.13. The van der Waals surface area contributed by atoms with Gasteiger partial charge in [0.25, 0.3) is 0 Å². The van der Waals surface area contributed by atoms with Gasteiger partial charge in [-0.1, -0.05) is 18.3 Å². The van der Waals surface area contributed by atoms with E-state index in [0.717, 1.165) is 27.7 Å². The maximum absolute atomic E-state index is 13.4. The van der Waals surface area contributed by atoms with E-state index in [1.54, 1.807) is 31.5 Å². The summed E-state index contributed by atoms with van der Waals surface area (Å²) < 4.78 is 20.8. The van der Waals surface area contributed by atoms with E-state index in [2.05, 4.69) is 21.4 Å². The average molecular weight is 412 g/mol. The van der Waals surface area contributed by atoms with Crippen LogP contribution in [0.2, 0.25) is 0 Å². The molecule has 1 N–H and O–H groups in total. The van der Waals surface area contributed by atoms with Crippen LogP contribution in [0.1, 0.15) is 0 Å². The largest absolute Gasteiger partial charge is 0.383 e. The number of methoxy groups -OCH3 is 1. The number of pyridine rings is 1. The number of hydrogen-bond acceptors (Lipinski definition) is 5. The molecule has 0 aliphatic rings. The van der Waals surface area contributed by atoms with Gasteiger partial charge in [0.15, 0.2) is 5.16 Å². The molecule has 3 rings (SSSR count). The lowest BCUT2D eigenvalue weighted by molar-refractivity contribution is -0.111. The first-order chi connectivity index (χ1) is 14.1. The molecule has 150 valence electrons. The van der Waals surface area contributed by atoms with Gasteiger partial charge in [-0.25, -0.2) is 14.4 Å². The molecule has 0 aliphatic carbocycles. The third-order valence-electron chi connectivity index (χ3n) is 4.22. The predicted octanol–water partition coefficient (Wildman–Crippen LogP) is 4.24. The normalized spacial score (nSPS) is 10.7. The van der Waals surface area contributed by atoms with Gasteiger partial charge in [-0.05, 0) is 48.7 Å². The summed E-state index contributed by atoms with van der Waals surface area (Å²) >= 11 is 1.52. The molecule has 0 spiro atoms. The highest BCUT2D eigenvalue weighted by molar-refractivity contribution is 7.98. The number of anilines is 1. The highest BCUT2D eigenvalue weighted by Gasteiger charge is 2.20. The number of nitrogens with one attached hydrogen (secondary N) is 1. The summed E-state index contributed by atoms with van der Waals surface area (Å²) in [5, 5.41) is 3.48. The Morgan fingerprint density at radius 3 is 2.72 bits per heavy atom. The molecule has 0 bridgehead atoms. The van der Waals surface area contributed by atoms with Gasteiger partial charge in [0.1, 0.15) is 11.6 Å². The van der Waals surface area contributed by atoms with Crippen molar-refractivity contribution in [1.82, 2.24) is 14.5 Å². The highest BCUT2D eigenvalue weighted by atomic mass is 32.2. The first-order valence-corrected chi connectivity index (χ1v) is 10.1. The van der Waals surface area contributed by atoms with Gasteiger partial charge < -0.3 is 14.6 Å². The minimum Gasteiger partial charge on any atom is -0.383 e. The van der Waals surface area contributed by atoms with Crippen molar-refractivity contribution >= 4 is 23.5 Å². The third kappa shape index (κ3) is 4.72.